The summed E-state index contributed by atoms with van der Waals surface area (Å²) in [6.07, 6.45) is 1.45. The number of rotatable bonds is 6. The van der Waals surface area contributed by atoms with Crippen molar-refractivity contribution >= 4 is 51.3 Å². The van der Waals surface area contributed by atoms with E-state index in [-0.39, 0.29) is 21.0 Å². The smallest absolute Gasteiger partial charge is 0.335 e. The molecule has 2 N–H and O–H groups in total. The van der Waals surface area contributed by atoms with Crippen LogP contribution in [0.2, 0.25) is 10.2 Å². The van der Waals surface area contributed by atoms with Gasteiger partial charge in [0, 0.05) is 11.6 Å². The lowest BCUT2D eigenvalue weighted by molar-refractivity contribution is 0.256. The number of urea groups is 1. The first-order valence-corrected chi connectivity index (χ1v) is 10.9. The fourth-order valence-corrected chi connectivity index (χ4v) is 4.17. The van der Waals surface area contributed by atoms with Crippen molar-refractivity contribution in [2.45, 2.75) is 4.90 Å². The molecule has 2 aromatic carbocycles. The highest BCUT2D eigenvalue weighted by molar-refractivity contribution is 7.90. The quantitative estimate of drug-likeness (QED) is 0.500. The molecule has 0 fully saturated rings. The molecule has 160 valence electrons. The van der Waals surface area contributed by atoms with Gasteiger partial charge in [0.05, 0.1) is 17.8 Å². The molecule has 0 saturated heterocycles. The molecule has 2 amide bonds. The van der Waals surface area contributed by atoms with E-state index in [4.69, 9.17) is 27.9 Å². The van der Waals surface area contributed by atoms with Crippen LogP contribution in [0.5, 0.6) is 5.75 Å². The van der Waals surface area contributed by atoms with Crippen LogP contribution in [0.3, 0.4) is 0 Å². The molecule has 0 unspecified atom stereocenters. The Balaban J connectivity index is 1.81. The summed E-state index contributed by atoms with van der Waals surface area (Å²) < 4.78 is 32.1. The minimum atomic E-state index is -4.27. The van der Waals surface area contributed by atoms with Gasteiger partial charge in [0.1, 0.15) is 15.8 Å². The van der Waals surface area contributed by atoms with E-state index in [1.54, 1.807) is 37.4 Å². The highest BCUT2D eigenvalue weighted by Crippen LogP contribution is 2.25. The van der Waals surface area contributed by atoms with Crippen LogP contribution in [0.25, 0.3) is 17.3 Å². The molecule has 0 aliphatic heterocycles. The van der Waals surface area contributed by atoms with Crippen molar-refractivity contribution in [3.8, 4) is 17.0 Å². The molecule has 0 aliphatic carbocycles. The van der Waals surface area contributed by atoms with Crippen LogP contribution in [-0.4, -0.2) is 31.5 Å². The largest absolute Gasteiger partial charge is 0.497 e. The predicted molar refractivity (Wildman–Crippen MR) is 120 cm³/mol. The van der Waals surface area contributed by atoms with Crippen LogP contribution in [0.4, 0.5) is 10.7 Å². The molecule has 31 heavy (non-hydrogen) atoms. The highest BCUT2D eigenvalue weighted by atomic mass is 35.5. The molecule has 1 aromatic heterocycles. The van der Waals surface area contributed by atoms with Gasteiger partial charge in [0.25, 0.3) is 10.0 Å². The second-order valence-corrected chi connectivity index (χ2v) is 8.53. The molecule has 0 aliphatic rings. The van der Waals surface area contributed by atoms with Crippen LogP contribution in [-0.2, 0) is 10.0 Å². The lowest BCUT2D eigenvalue weighted by Crippen LogP contribution is -2.35. The number of benzene rings is 2. The van der Waals surface area contributed by atoms with Gasteiger partial charge in [-0.05, 0) is 42.0 Å². The Labute approximate surface area is 188 Å². The number of amides is 2. The van der Waals surface area contributed by atoms with E-state index < -0.39 is 16.1 Å². The lowest BCUT2D eigenvalue weighted by Gasteiger charge is -2.11. The first-order valence-electron chi connectivity index (χ1n) is 8.66. The summed E-state index contributed by atoms with van der Waals surface area (Å²) in [5, 5.41) is 2.27. The van der Waals surface area contributed by atoms with Gasteiger partial charge in [-0.25, -0.2) is 27.9 Å². The molecule has 0 spiro atoms. The molecule has 3 aromatic rings. The van der Waals surface area contributed by atoms with Crippen molar-refractivity contribution in [2.75, 3.05) is 12.4 Å². The number of nitrogens with one attached hydrogen (secondary N) is 2. The SMILES string of the molecule is C=Cc1ccc(Cl)c(S(=O)(=O)NC(=O)Nc2nc(Cl)cc(-c3ccc(OC)cc3)n2)c1. The normalized spacial score (nSPS) is 10.9. The molecule has 11 heteroatoms. The lowest BCUT2D eigenvalue weighted by atomic mass is 10.1. The molecular weight excluding hydrogens is 463 g/mol. The summed E-state index contributed by atoms with van der Waals surface area (Å²) >= 11 is 12.0. The van der Waals surface area contributed by atoms with E-state index in [0.717, 1.165) is 0 Å². The van der Waals surface area contributed by atoms with E-state index in [1.807, 2.05) is 4.72 Å². The number of ether oxygens (including phenoxy) is 1. The number of hydrogen-bond acceptors (Lipinski definition) is 6. The van der Waals surface area contributed by atoms with Gasteiger partial charge in [-0.15, -0.1) is 0 Å². The number of anilines is 1. The van der Waals surface area contributed by atoms with Crippen LogP contribution in [0.1, 0.15) is 5.56 Å². The summed E-state index contributed by atoms with van der Waals surface area (Å²) in [6, 6.07) is 11.7. The first kappa shape index (κ1) is 22.5. The third-order valence-electron chi connectivity index (χ3n) is 4.01. The Hall–Kier alpha value is -3.14. The van der Waals surface area contributed by atoms with Crippen LogP contribution >= 0.6 is 23.2 Å². The molecule has 0 saturated carbocycles. The standard InChI is InChI=1S/C20H16Cl2N4O4S/c1-3-12-4-9-15(21)17(10-12)31(28,29)26-20(27)25-19-23-16(11-18(22)24-19)13-5-7-14(30-2)8-6-13/h3-11H,1H2,2H3,(H2,23,24,25,26,27). The molecule has 8 nitrogen and oxygen atoms in total. The fraction of sp³-hybridized carbons (Fsp3) is 0.0500. The fourth-order valence-electron chi connectivity index (χ4n) is 2.54. The first-order chi connectivity index (χ1) is 14.7. The number of carbonyl (C=O) groups is 1. The van der Waals surface area contributed by atoms with Crippen molar-refractivity contribution in [2.24, 2.45) is 0 Å². The van der Waals surface area contributed by atoms with Gasteiger partial charge < -0.3 is 4.74 Å². The van der Waals surface area contributed by atoms with E-state index in [2.05, 4.69) is 21.9 Å². The van der Waals surface area contributed by atoms with E-state index in [1.165, 1.54) is 24.3 Å². The summed E-state index contributed by atoms with van der Waals surface area (Å²) in [4.78, 5) is 20.1. The van der Waals surface area contributed by atoms with Crippen LogP contribution < -0.4 is 14.8 Å². The molecule has 1 heterocycles. The number of halogens is 2. The molecule has 3 rings (SSSR count). The third-order valence-corrected chi connectivity index (χ3v) is 6.02. The summed E-state index contributed by atoms with van der Waals surface area (Å²) in [7, 11) is -2.72. The number of methoxy groups -OCH3 is 1. The topological polar surface area (TPSA) is 110 Å². The van der Waals surface area contributed by atoms with Gasteiger partial charge in [0.2, 0.25) is 5.95 Å². The maximum absolute atomic E-state index is 12.6. The Morgan fingerprint density at radius 2 is 1.81 bits per heavy atom. The predicted octanol–water partition coefficient (Wildman–Crippen LogP) is 4.61. The monoisotopic (exact) mass is 478 g/mol. The third kappa shape index (κ3) is 5.52. The van der Waals surface area contributed by atoms with Gasteiger partial charge in [0.15, 0.2) is 0 Å². The van der Waals surface area contributed by atoms with Crippen molar-refractivity contribution in [3.63, 3.8) is 0 Å². The minimum Gasteiger partial charge on any atom is -0.497 e. The molecule has 0 atom stereocenters. The van der Waals surface area contributed by atoms with Crippen molar-refractivity contribution < 1.29 is 17.9 Å². The summed E-state index contributed by atoms with van der Waals surface area (Å²) in [6.45, 7) is 3.58. The van der Waals surface area contributed by atoms with Gasteiger partial charge in [-0.1, -0.05) is 41.9 Å². The van der Waals surface area contributed by atoms with E-state index >= 15 is 0 Å². The van der Waals surface area contributed by atoms with Gasteiger partial charge in [-0.3, -0.25) is 5.32 Å². The van der Waals surface area contributed by atoms with E-state index in [9.17, 15) is 13.2 Å². The molecular formula is C20H16Cl2N4O4S. The summed E-state index contributed by atoms with van der Waals surface area (Å²) in [5.74, 6) is 0.475. The van der Waals surface area contributed by atoms with Gasteiger partial charge >= 0.3 is 6.03 Å². The average Bonchev–Trinajstić information content (AvgIpc) is 2.73. The number of nitrogens with zero attached hydrogens (tertiary/aromatic N) is 2. The van der Waals surface area contributed by atoms with Gasteiger partial charge in [-0.2, -0.15) is 0 Å². The second-order valence-electron chi connectivity index (χ2n) is 6.08. The highest BCUT2D eigenvalue weighted by Gasteiger charge is 2.22. The summed E-state index contributed by atoms with van der Waals surface area (Å²) in [5.41, 5.74) is 1.63. The second kappa shape index (κ2) is 9.34. The number of carbonyl (C=O) groups excluding carboxylic acids is 1. The zero-order valence-corrected chi connectivity index (χ0v) is 18.4. The zero-order valence-electron chi connectivity index (χ0n) is 16.1. The van der Waals surface area contributed by atoms with Crippen molar-refractivity contribution in [3.05, 3.63) is 70.8 Å². The van der Waals surface area contributed by atoms with E-state index in [0.29, 0.717) is 22.6 Å². The van der Waals surface area contributed by atoms with Crippen LogP contribution in [0, 0.1) is 0 Å². The Kier molecular flexibility index (Phi) is 6.79. The Bertz CT molecular complexity index is 1250. The maximum atomic E-state index is 12.6. The van der Waals surface area contributed by atoms with Crippen LogP contribution in [0.15, 0.2) is 60.0 Å². The number of hydrogen-bond donors (Lipinski definition) is 2. The van der Waals surface area contributed by atoms with Crippen molar-refractivity contribution in [1.82, 2.24) is 14.7 Å². The number of aromatic nitrogens is 2. The maximum Gasteiger partial charge on any atom is 0.335 e. The average molecular weight is 479 g/mol. The minimum absolute atomic E-state index is 0.0494. The molecule has 0 bridgehead atoms. The zero-order chi connectivity index (χ0) is 22.6. The molecule has 0 radical (unpaired) electrons. The number of sulfonamides is 1. The Morgan fingerprint density at radius 1 is 1.10 bits per heavy atom. The van der Waals surface area contributed by atoms with Crippen molar-refractivity contribution in [1.29, 1.82) is 0 Å². The Morgan fingerprint density at radius 3 is 2.45 bits per heavy atom.